The SMILES string of the molecule is O=C1COc2ccc(C(=O)COC(=O)c3nn(-c4ccccc4)c4c3CCC4)cc2N1. The molecule has 3 aromatic rings. The van der Waals surface area contributed by atoms with E-state index < -0.39 is 12.6 Å². The quantitative estimate of drug-likeness (QED) is 0.506. The Hall–Kier alpha value is -3.94. The van der Waals surface area contributed by atoms with Gasteiger partial charge in [-0.1, -0.05) is 18.2 Å². The summed E-state index contributed by atoms with van der Waals surface area (Å²) in [6.45, 7) is -0.475. The molecule has 156 valence electrons. The van der Waals surface area contributed by atoms with Crippen LogP contribution in [0.15, 0.2) is 48.5 Å². The molecule has 2 heterocycles. The lowest BCUT2D eigenvalue weighted by Crippen LogP contribution is -2.25. The molecule has 1 aromatic heterocycles. The molecule has 0 saturated carbocycles. The lowest BCUT2D eigenvalue weighted by atomic mass is 10.1. The van der Waals surface area contributed by atoms with E-state index in [0.717, 1.165) is 36.2 Å². The molecule has 0 spiro atoms. The number of Topliss-reactive ketones (excluding diaryl/α,β-unsaturated/α-hetero) is 1. The second-order valence-electron chi connectivity index (χ2n) is 7.42. The van der Waals surface area contributed by atoms with Crippen molar-refractivity contribution in [1.82, 2.24) is 9.78 Å². The number of fused-ring (bicyclic) bond motifs is 2. The minimum atomic E-state index is -0.615. The van der Waals surface area contributed by atoms with Gasteiger partial charge in [0, 0.05) is 16.8 Å². The molecule has 1 aliphatic carbocycles. The van der Waals surface area contributed by atoms with Gasteiger partial charge in [-0.15, -0.1) is 0 Å². The number of hydrogen-bond acceptors (Lipinski definition) is 6. The molecule has 1 N–H and O–H groups in total. The molecule has 0 fully saturated rings. The van der Waals surface area contributed by atoms with Crippen LogP contribution in [0.2, 0.25) is 0 Å². The van der Waals surface area contributed by atoms with Crippen molar-refractivity contribution in [2.75, 3.05) is 18.5 Å². The average molecular weight is 417 g/mol. The minimum Gasteiger partial charge on any atom is -0.482 e. The van der Waals surface area contributed by atoms with E-state index in [4.69, 9.17) is 9.47 Å². The van der Waals surface area contributed by atoms with Crippen LogP contribution in [0.5, 0.6) is 5.75 Å². The normalized spacial score (nSPS) is 14.3. The molecule has 0 saturated heterocycles. The Morgan fingerprint density at radius 2 is 1.97 bits per heavy atom. The molecule has 1 aliphatic heterocycles. The second kappa shape index (κ2) is 7.71. The Balaban J connectivity index is 1.32. The van der Waals surface area contributed by atoms with Gasteiger partial charge in [0.1, 0.15) is 5.75 Å². The first-order valence-electron chi connectivity index (χ1n) is 10.0. The zero-order valence-electron chi connectivity index (χ0n) is 16.6. The Bertz CT molecular complexity index is 1200. The summed E-state index contributed by atoms with van der Waals surface area (Å²) in [6.07, 6.45) is 2.54. The third kappa shape index (κ3) is 3.56. The van der Waals surface area contributed by atoms with Gasteiger partial charge < -0.3 is 14.8 Å². The van der Waals surface area contributed by atoms with Gasteiger partial charge in [0.05, 0.1) is 11.4 Å². The predicted octanol–water partition coefficient (Wildman–Crippen LogP) is 2.73. The van der Waals surface area contributed by atoms with Crippen LogP contribution in [-0.4, -0.2) is 40.7 Å². The molecule has 8 nitrogen and oxygen atoms in total. The molecular weight excluding hydrogens is 398 g/mol. The number of ketones is 1. The fourth-order valence-corrected chi connectivity index (χ4v) is 3.92. The number of esters is 1. The Labute approximate surface area is 177 Å². The third-order valence-corrected chi connectivity index (χ3v) is 5.39. The van der Waals surface area contributed by atoms with Gasteiger partial charge in [-0.05, 0) is 49.6 Å². The number of carbonyl (C=O) groups is 3. The summed E-state index contributed by atoms with van der Waals surface area (Å²) < 4.78 is 12.4. The first kappa shape index (κ1) is 19.0. The van der Waals surface area contributed by atoms with Gasteiger partial charge in [0.15, 0.2) is 24.7 Å². The molecule has 1 amide bonds. The van der Waals surface area contributed by atoms with E-state index in [1.807, 2.05) is 30.3 Å². The first-order chi connectivity index (χ1) is 15.1. The summed E-state index contributed by atoms with van der Waals surface area (Å²) in [5, 5.41) is 7.14. The van der Waals surface area contributed by atoms with Crippen LogP contribution < -0.4 is 10.1 Å². The highest BCUT2D eigenvalue weighted by molar-refractivity contribution is 6.02. The highest BCUT2D eigenvalue weighted by Gasteiger charge is 2.28. The molecule has 0 radical (unpaired) electrons. The van der Waals surface area contributed by atoms with Crippen LogP contribution in [0.1, 0.15) is 38.5 Å². The summed E-state index contributed by atoms with van der Waals surface area (Å²) in [7, 11) is 0. The van der Waals surface area contributed by atoms with Gasteiger partial charge in [0.25, 0.3) is 5.91 Å². The maximum atomic E-state index is 12.7. The molecule has 31 heavy (non-hydrogen) atoms. The summed E-state index contributed by atoms with van der Waals surface area (Å²) >= 11 is 0. The van der Waals surface area contributed by atoms with E-state index in [-0.39, 0.29) is 24.0 Å². The maximum absolute atomic E-state index is 12.7. The predicted molar refractivity (Wildman–Crippen MR) is 111 cm³/mol. The van der Waals surface area contributed by atoms with Crippen LogP contribution in [-0.2, 0) is 22.4 Å². The van der Waals surface area contributed by atoms with Crippen molar-refractivity contribution in [1.29, 1.82) is 0 Å². The molecule has 8 heteroatoms. The van der Waals surface area contributed by atoms with E-state index in [2.05, 4.69) is 10.4 Å². The number of hydrogen-bond donors (Lipinski definition) is 1. The van der Waals surface area contributed by atoms with Crippen molar-refractivity contribution in [2.24, 2.45) is 0 Å². The lowest BCUT2D eigenvalue weighted by Gasteiger charge is -2.18. The number of anilines is 1. The van der Waals surface area contributed by atoms with Crippen LogP contribution in [0.4, 0.5) is 5.69 Å². The van der Waals surface area contributed by atoms with Gasteiger partial charge in [-0.2, -0.15) is 5.10 Å². The van der Waals surface area contributed by atoms with E-state index in [9.17, 15) is 14.4 Å². The number of carbonyl (C=O) groups excluding carboxylic acids is 3. The average Bonchev–Trinajstić information content (AvgIpc) is 3.40. The summed E-state index contributed by atoms with van der Waals surface area (Å²) in [5.41, 5.74) is 3.78. The number of nitrogens with one attached hydrogen (secondary N) is 1. The summed E-state index contributed by atoms with van der Waals surface area (Å²) in [5.74, 6) is -0.785. The topological polar surface area (TPSA) is 99.5 Å². The first-order valence-corrected chi connectivity index (χ1v) is 10.0. The Morgan fingerprint density at radius 1 is 1.13 bits per heavy atom. The van der Waals surface area contributed by atoms with Gasteiger partial charge in [0.2, 0.25) is 0 Å². The van der Waals surface area contributed by atoms with Gasteiger partial charge in [-0.3, -0.25) is 9.59 Å². The monoisotopic (exact) mass is 417 g/mol. The van der Waals surface area contributed by atoms with Crippen LogP contribution in [0.25, 0.3) is 5.69 Å². The molecule has 2 aliphatic rings. The summed E-state index contributed by atoms with van der Waals surface area (Å²) in [6, 6.07) is 14.3. The number of aromatic nitrogens is 2. The highest BCUT2D eigenvalue weighted by atomic mass is 16.5. The number of benzene rings is 2. The minimum absolute atomic E-state index is 0.0577. The zero-order chi connectivity index (χ0) is 21.4. The number of amides is 1. The maximum Gasteiger partial charge on any atom is 0.359 e. The molecule has 2 aromatic carbocycles. The number of rotatable bonds is 5. The molecule has 5 rings (SSSR count). The van der Waals surface area contributed by atoms with Crippen molar-refractivity contribution in [3.8, 4) is 11.4 Å². The van der Waals surface area contributed by atoms with Crippen molar-refractivity contribution >= 4 is 23.3 Å². The molecular formula is C23H19N3O5. The fraction of sp³-hybridized carbons (Fsp3) is 0.217. The zero-order valence-corrected chi connectivity index (χ0v) is 16.6. The molecule has 0 atom stereocenters. The van der Waals surface area contributed by atoms with E-state index in [1.54, 1.807) is 16.8 Å². The number of nitrogens with zero attached hydrogens (tertiary/aromatic N) is 2. The Morgan fingerprint density at radius 3 is 2.81 bits per heavy atom. The van der Waals surface area contributed by atoms with E-state index in [1.165, 1.54) is 6.07 Å². The number of para-hydroxylation sites is 1. The van der Waals surface area contributed by atoms with Gasteiger partial charge >= 0.3 is 5.97 Å². The summed E-state index contributed by atoms with van der Waals surface area (Å²) in [4.78, 5) is 36.8. The fourth-order valence-electron chi connectivity index (χ4n) is 3.92. The van der Waals surface area contributed by atoms with Crippen molar-refractivity contribution in [2.45, 2.75) is 19.3 Å². The second-order valence-corrected chi connectivity index (χ2v) is 7.42. The molecule has 0 bridgehead atoms. The highest BCUT2D eigenvalue weighted by Crippen LogP contribution is 2.30. The largest absolute Gasteiger partial charge is 0.482 e. The van der Waals surface area contributed by atoms with Crippen molar-refractivity contribution in [3.63, 3.8) is 0 Å². The van der Waals surface area contributed by atoms with Crippen molar-refractivity contribution < 1.29 is 23.9 Å². The van der Waals surface area contributed by atoms with Crippen molar-refractivity contribution in [3.05, 3.63) is 71.0 Å². The Kier molecular flexibility index (Phi) is 4.74. The molecule has 0 unspecified atom stereocenters. The van der Waals surface area contributed by atoms with Crippen LogP contribution >= 0.6 is 0 Å². The van der Waals surface area contributed by atoms with Gasteiger partial charge in [-0.25, -0.2) is 9.48 Å². The third-order valence-electron chi connectivity index (χ3n) is 5.39. The van der Waals surface area contributed by atoms with E-state index in [0.29, 0.717) is 17.0 Å². The van der Waals surface area contributed by atoms with Crippen LogP contribution in [0, 0.1) is 0 Å². The standard InChI is InChI=1S/C23H19N3O5/c27-19(14-9-10-20-17(11-14)24-21(28)13-30-20)12-31-23(29)22-16-7-4-8-18(16)26(25-22)15-5-2-1-3-6-15/h1-3,5-6,9-11H,4,7-8,12-13H2,(H,24,28). The lowest BCUT2D eigenvalue weighted by molar-refractivity contribution is -0.118. The van der Waals surface area contributed by atoms with Crippen LogP contribution in [0.3, 0.4) is 0 Å². The number of ether oxygens (including phenoxy) is 2. The van der Waals surface area contributed by atoms with E-state index >= 15 is 0 Å². The smallest absolute Gasteiger partial charge is 0.359 e.